The number of aldehydes is 3. The number of benzene rings is 2. The number of nitrogens with zero attached hydrogens (tertiary/aromatic N) is 3. The molecule has 0 radical (unpaired) electrons. The lowest BCUT2D eigenvalue weighted by Gasteiger charge is -2.37. The lowest BCUT2D eigenvalue weighted by molar-refractivity contribution is -0.138. The fourth-order valence-corrected chi connectivity index (χ4v) is 8.48. The Morgan fingerprint density at radius 3 is 1.61 bits per heavy atom. The first-order valence-electron chi connectivity index (χ1n) is 28.7. The Balaban J connectivity index is -0.000000173. The minimum atomic E-state index is -0.468. The Morgan fingerprint density at radius 1 is 0.819 bits per heavy atom. The predicted molar refractivity (Wildman–Crippen MR) is 340 cm³/mol. The van der Waals surface area contributed by atoms with Crippen molar-refractivity contribution in [1.29, 1.82) is 0 Å². The van der Waals surface area contributed by atoms with E-state index in [0.717, 1.165) is 37.4 Å². The number of piperidine rings is 1. The number of nitrogens with two attached hydrogens (primary N) is 5. The van der Waals surface area contributed by atoms with Crippen LogP contribution in [0.5, 0.6) is 0 Å². The van der Waals surface area contributed by atoms with Crippen molar-refractivity contribution < 1.29 is 52.6 Å². The highest BCUT2D eigenvalue weighted by Crippen LogP contribution is 2.48. The van der Waals surface area contributed by atoms with Crippen LogP contribution in [-0.4, -0.2) is 184 Å². The zero-order valence-electron chi connectivity index (χ0n) is 55.0. The monoisotopic (exact) mass is 1180 g/mol. The van der Waals surface area contributed by atoms with Crippen LogP contribution in [0.2, 0.25) is 0 Å². The molecule has 2 aliphatic rings. The molecule has 2 aromatic carbocycles. The number of aryl methyl sites for hydroxylation is 1. The van der Waals surface area contributed by atoms with E-state index >= 15 is 0 Å². The minimum Gasteiger partial charge on any atom is -0.380 e. The number of amides is 4. The second-order valence-corrected chi connectivity index (χ2v) is 19.8. The van der Waals surface area contributed by atoms with E-state index in [-0.39, 0.29) is 61.7 Å². The first-order valence-corrected chi connectivity index (χ1v) is 28.7. The fraction of sp³-hybridized carbons (Fsp3) is 0.677. The number of methoxy groups -OCH3 is 2. The molecule has 1 saturated heterocycles. The summed E-state index contributed by atoms with van der Waals surface area (Å²) in [5.41, 5.74) is 25.0. The van der Waals surface area contributed by atoms with Gasteiger partial charge in [0.2, 0.25) is 24.1 Å². The van der Waals surface area contributed by atoms with E-state index in [4.69, 9.17) is 29.5 Å². The second-order valence-electron chi connectivity index (χ2n) is 19.8. The third-order valence-electron chi connectivity index (χ3n) is 12.8. The van der Waals surface area contributed by atoms with Gasteiger partial charge >= 0.3 is 0 Å². The molecule has 10 atom stereocenters. The van der Waals surface area contributed by atoms with Gasteiger partial charge in [-0.15, -0.1) is 0 Å². The van der Waals surface area contributed by atoms with Crippen molar-refractivity contribution in [1.82, 2.24) is 25.3 Å². The predicted octanol–water partition coefficient (Wildman–Crippen LogP) is 5.57. The smallest absolute Gasteiger partial charge is 0.231 e. The van der Waals surface area contributed by atoms with E-state index < -0.39 is 5.91 Å². The van der Waals surface area contributed by atoms with Crippen molar-refractivity contribution in [3.8, 4) is 0 Å². The molecule has 1 aliphatic heterocycles. The molecule has 1 aliphatic carbocycles. The molecular formula is C62H120N10O11. The summed E-state index contributed by atoms with van der Waals surface area (Å²) >= 11 is 0. The van der Waals surface area contributed by atoms with Gasteiger partial charge in [0, 0.05) is 52.6 Å². The maximum absolute atomic E-state index is 12.2. The summed E-state index contributed by atoms with van der Waals surface area (Å²) in [7, 11) is 16.3. The molecule has 2 fully saturated rings. The first-order chi connectivity index (χ1) is 39.5. The zero-order valence-corrected chi connectivity index (χ0v) is 55.0. The molecule has 4 rings (SSSR count). The number of hydrogen-bond donors (Lipinski definition) is 7. The summed E-state index contributed by atoms with van der Waals surface area (Å²) in [4.78, 5) is 85.6. The van der Waals surface area contributed by atoms with Gasteiger partial charge in [-0.1, -0.05) is 142 Å². The molecular weight excluding hydrogens is 1060 g/mol. The first kappa shape index (κ1) is 91.4. The van der Waals surface area contributed by atoms with Crippen LogP contribution in [0.1, 0.15) is 131 Å². The van der Waals surface area contributed by atoms with E-state index in [2.05, 4.69) is 116 Å². The highest BCUT2D eigenvalue weighted by molar-refractivity contribution is 5.78. The van der Waals surface area contributed by atoms with Gasteiger partial charge in [-0.3, -0.25) is 34.3 Å². The van der Waals surface area contributed by atoms with Crippen LogP contribution >= 0.6 is 0 Å². The Morgan fingerprint density at radius 2 is 1.31 bits per heavy atom. The van der Waals surface area contributed by atoms with Gasteiger partial charge in [-0.05, 0) is 104 Å². The van der Waals surface area contributed by atoms with Crippen LogP contribution in [-0.2, 0) is 52.6 Å². The largest absolute Gasteiger partial charge is 0.380 e. The van der Waals surface area contributed by atoms with Crippen LogP contribution in [0, 0.1) is 36.5 Å². The number of nitrogens with one attached hydrogen (secondary N) is 2. The minimum absolute atomic E-state index is 0.0496. The van der Waals surface area contributed by atoms with Crippen molar-refractivity contribution in [3.05, 3.63) is 71.8 Å². The SMILES string of the molecule is C=O.CC.CC(C)C(C=O)N(C)C.CCC(=O)NCC=O.CCC(C)C(C(CC=O)OC)N(C)C(=O)CC(C)C.CN.CN.CNCOC(c1ccccc1)[C@@H](C)CC(OC)C1CC2CC2N1C.Cc1ccccc1.NC=O.NCC(N)=O. The molecule has 484 valence electrons. The number of ether oxygens (including phenoxy) is 3. The van der Waals surface area contributed by atoms with Crippen LogP contribution in [0.4, 0.5) is 0 Å². The third-order valence-corrected chi connectivity index (χ3v) is 12.8. The molecule has 83 heavy (non-hydrogen) atoms. The zero-order chi connectivity index (χ0) is 66.1. The average molecular weight is 1180 g/mol. The Hall–Kier alpha value is -5.36. The van der Waals surface area contributed by atoms with Crippen molar-refractivity contribution >= 4 is 49.8 Å². The summed E-state index contributed by atoms with van der Waals surface area (Å²) < 4.78 is 17.5. The lowest BCUT2D eigenvalue weighted by Crippen LogP contribution is -2.49. The number of hydrogen-bond acceptors (Lipinski definition) is 17. The van der Waals surface area contributed by atoms with Gasteiger partial charge in [-0.25, -0.2) is 0 Å². The van der Waals surface area contributed by atoms with E-state index in [1.807, 2.05) is 107 Å². The summed E-state index contributed by atoms with van der Waals surface area (Å²) in [5, 5.41) is 5.48. The molecule has 12 N–H and O–H groups in total. The van der Waals surface area contributed by atoms with E-state index in [1.54, 1.807) is 18.9 Å². The molecule has 1 heterocycles. The molecule has 0 bridgehead atoms. The number of likely N-dealkylation sites (tertiary alicyclic amines) is 1. The van der Waals surface area contributed by atoms with E-state index in [0.29, 0.717) is 62.0 Å². The summed E-state index contributed by atoms with van der Waals surface area (Å²) in [6, 6.07) is 22.2. The van der Waals surface area contributed by atoms with E-state index in [9.17, 15) is 28.8 Å². The second kappa shape index (κ2) is 62.7. The van der Waals surface area contributed by atoms with Gasteiger partial charge in [0.1, 0.15) is 25.6 Å². The van der Waals surface area contributed by atoms with Gasteiger partial charge in [0.05, 0.1) is 50.2 Å². The maximum atomic E-state index is 12.2. The summed E-state index contributed by atoms with van der Waals surface area (Å²) in [6.45, 7) is 25.1. The van der Waals surface area contributed by atoms with Gasteiger partial charge in [0.25, 0.3) is 0 Å². The van der Waals surface area contributed by atoms with Crippen LogP contribution < -0.4 is 39.3 Å². The summed E-state index contributed by atoms with van der Waals surface area (Å²) in [6.07, 6.45) is 8.85. The third kappa shape index (κ3) is 46.7. The highest BCUT2D eigenvalue weighted by Gasteiger charge is 2.52. The van der Waals surface area contributed by atoms with Crippen LogP contribution in [0.3, 0.4) is 0 Å². The number of carbonyl (C=O) groups is 8. The Labute approximate surface area is 502 Å². The quantitative estimate of drug-likeness (QED) is 0.0472. The molecule has 2 aromatic rings. The molecule has 0 spiro atoms. The van der Waals surface area contributed by atoms with Crippen LogP contribution in [0.25, 0.3) is 0 Å². The van der Waals surface area contributed by atoms with Gasteiger partial charge in [-0.2, -0.15) is 0 Å². The van der Waals surface area contributed by atoms with Gasteiger partial charge in [0.15, 0.2) is 0 Å². The normalized spacial score (nSPS) is 16.2. The topological polar surface area (TPSA) is 328 Å². The lowest BCUT2D eigenvalue weighted by atomic mass is 9.89. The molecule has 4 amide bonds. The standard InChI is InChI=1S/C20H32N2O2.C15H29NO3.C7H15NO.C7H8.C5H9NO2.C2H6N2O.C2H6.CH3NO.2CH5N.CH2O/c1-14(20(24-13-21-2)15-8-6-5-7-9-15)10-19(23-4)18-12-16-11-17(16)22(18)3;1-7-12(4)15(13(19-6)8-9-17)16(5)14(18)10-11(2)3;1-6(2)7(5-9)8(3)4;1-7-5-3-2-4-6-7;1-2-5(8)6-3-4-7;3-1-2(4)5;1-2;2-1-3;3*1-2/h5-9,14,16-21H,10-13H2,1-4H3;9,11-13,15H,7-8,10H2,1-6H3;5-7H,1-4H3;2-6H,1H3;4H,2-3H2,1H3,(H,6,8);1,3H2,(H2,4,5);1-2H3;1H,(H2,2,3);2*2H2,1H3;1H2/t14-,16?,17?,18?,19?,20?;;;;;;;;;;/m0........../s1. The molecule has 9 unspecified atom stereocenters. The van der Waals surface area contributed by atoms with Gasteiger partial charge < -0.3 is 72.3 Å². The van der Waals surface area contributed by atoms with Crippen molar-refractivity contribution in [3.63, 3.8) is 0 Å². The number of carbonyl (C=O) groups excluding carboxylic acids is 8. The highest BCUT2D eigenvalue weighted by atomic mass is 16.5. The Kier molecular flexibility index (Phi) is 69.0. The Bertz CT molecular complexity index is 1800. The molecule has 0 aromatic heterocycles. The maximum Gasteiger partial charge on any atom is 0.231 e. The average Bonchev–Trinajstić information content (AvgIpc) is 4.20. The number of primary amides is 2. The molecule has 21 nitrogen and oxygen atoms in total. The van der Waals surface area contributed by atoms with Crippen LogP contribution in [0.15, 0.2) is 60.7 Å². The van der Waals surface area contributed by atoms with Crippen molar-refractivity contribution in [2.24, 2.45) is 58.3 Å². The molecule has 21 heteroatoms. The van der Waals surface area contributed by atoms with Crippen molar-refractivity contribution in [2.75, 3.05) is 83.4 Å². The molecule has 1 saturated carbocycles. The van der Waals surface area contributed by atoms with E-state index in [1.165, 1.54) is 38.1 Å². The number of rotatable bonds is 25. The number of fused-ring (bicyclic) bond motifs is 1. The number of likely N-dealkylation sites (N-methyl/N-ethyl adjacent to an activating group) is 3. The fourth-order valence-electron chi connectivity index (χ4n) is 8.48. The summed E-state index contributed by atoms with van der Waals surface area (Å²) in [5.74, 6) is 1.92. The van der Waals surface area contributed by atoms with Crippen molar-refractivity contribution in [2.45, 2.75) is 164 Å².